The summed E-state index contributed by atoms with van der Waals surface area (Å²) in [6.07, 6.45) is 1.08. The zero-order chi connectivity index (χ0) is 16.5. The number of alkyl halides is 3. The smallest absolute Gasteiger partial charge is 0.386 e. The average Bonchev–Trinajstić information content (AvgIpc) is 2.99. The van der Waals surface area contributed by atoms with E-state index in [4.69, 9.17) is 0 Å². The summed E-state index contributed by atoms with van der Waals surface area (Å²) in [5, 5.41) is 18.2. The van der Waals surface area contributed by atoms with Gasteiger partial charge in [-0.25, -0.2) is 9.67 Å². The molecule has 9 heteroatoms. The van der Waals surface area contributed by atoms with Gasteiger partial charge in [-0.15, -0.1) is 5.10 Å². The molecular formula is C14H16F3N5O. The molecule has 1 atom stereocenters. The molecule has 23 heavy (non-hydrogen) atoms. The summed E-state index contributed by atoms with van der Waals surface area (Å²) in [6.45, 7) is 0.984. The number of hydrogen-bond donors (Lipinski definition) is 1. The largest absolute Gasteiger partial charge is 0.416 e. The molecular weight excluding hydrogens is 311 g/mol. The van der Waals surface area contributed by atoms with E-state index in [0.717, 1.165) is 18.3 Å². The molecule has 2 aromatic heterocycles. The minimum Gasteiger partial charge on any atom is -0.386 e. The fraction of sp³-hybridized carbons (Fsp3) is 0.500. The molecule has 0 amide bonds. The second kappa shape index (κ2) is 5.80. The number of piperidine rings is 1. The van der Waals surface area contributed by atoms with Crippen LogP contribution >= 0.6 is 0 Å². The molecule has 0 spiro atoms. The Balaban J connectivity index is 1.78. The molecule has 0 saturated carbocycles. The maximum absolute atomic E-state index is 12.8. The Labute approximate surface area is 130 Å². The van der Waals surface area contributed by atoms with Gasteiger partial charge in [0.05, 0.1) is 18.3 Å². The van der Waals surface area contributed by atoms with E-state index in [1.807, 2.05) is 0 Å². The minimum absolute atomic E-state index is 0.196. The molecule has 2 aromatic rings. The second-order valence-electron chi connectivity index (χ2n) is 5.75. The molecule has 1 N–H and O–H groups in total. The Morgan fingerprint density at radius 1 is 1.30 bits per heavy atom. The van der Waals surface area contributed by atoms with Crippen molar-refractivity contribution >= 4 is 5.82 Å². The maximum atomic E-state index is 12.8. The van der Waals surface area contributed by atoms with Crippen LogP contribution in [0.15, 0.2) is 30.7 Å². The summed E-state index contributed by atoms with van der Waals surface area (Å²) in [4.78, 5) is 5.70. The zero-order valence-electron chi connectivity index (χ0n) is 12.2. The molecule has 0 bridgehead atoms. The molecule has 3 heterocycles. The summed E-state index contributed by atoms with van der Waals surface area (Å²) >= 11 is 0. The Morgan fingerprint density at radius 2 is 2.13 bits per heavy atom. The SMILES string of the molecule is OC1(Cn2ccnn2)CCCN(c2cc(C(F)(F)F)ccn2)C1. The molecule has 1 fully saturated rings. The lowest BCUT2D eigenvalue weighted by Crippen LogP contribution is -2.51. The van der Waals surface area contributed by atoms with Gasteiger partial charge in [0.15, 0.2) is 0 Å². The van der Waals surface area contributed by atoms with E-state index in [9.17, 15) is 18.3 Å². The number of rotatable bonds is 3. The first-order valence-corrected chi connectivity index (χ1v) is 7.20. The van der Waals surface area contributed by atoms with Gasteiger partial charge in [0.2, 0.25) is 0 Å². The monoisotopic (exact) mass is 327 g/mol. The van der Waals surface area contributed by atoms with Crippen LogP contribution in [0.2, 0.25) is 0 Å². The predicted molar refractivity (Wildman–Crippen MR) is 75.7 cm³/mol. The zero-order valence-corrected chi connectivity index (χ0v) is 12.2. The normalized spacial score (nSPS) is 22.3. The number of β-amino-alcohol motifs (C(OH)–C–C–N with tert-alkyl or cyclic N) is 1. The first-order valence-electron chi connectivity index (χ1n) is 7.20. The Bertz CT molecular complexity index is 661. The number of halogens is 3. The van der Waals surface area contributed by atoms with E-state index >= 15 is 0 Å². The molecule has 124 valence electrons. The molecule has 1 unspecified atom stereocenters. The van der Waals surface area contributed by atoms with Gasteiger partial charge in [-0.2, -0.15) is 13.2 Å². The summed E-state index contributed by atoms with van der Waals surface area (Å²) in [5.41, 5.74) is -1.82. The third-order valence-electron chi connectivity index (χ3n) is 3.88. The van der Waals surface area contributed by atoms with Gasteiger partial charge in [-0.3, -0.25) is 0 Å². The molecule has 3 rings (SSSR count). The minimum atomic E-state index is -4.41. The van der Waals surface area contributed by atoms with Crippen LogP contribution in [0.4, 0.5) is 19.0 Å². The van der Waals surface area contributed by atoms with E-state index in [-0.39, 0.29) is 18.9 Å². The van der Waals surface area contributed by atoms with Gasteiger partial charge in [0.25, 0.3) is 0 Å². The molecule has 6 nitrogen and oxygen atoms in total. The lowest BCUT2D eigenvalue weighted by atomic mass is 9.92. The van der Waals surface area contributed by atoms with E-state index in [1.165, 1.54) is 10.9 Å². The molecule has 0 aromatic carbocycles. The second-order valence-corrected chi connectivity index (χ2v) is 5.75. The number of pyridine rings is 1. The number of anilines is 1. The van der Waals surface area contributed by atoms with Crippen LogP contribution in [0.3, 0.4) is 0 Å². The van der Waals surface area contributed by atoms with Crippen molar-refractivity contribution in [3.63, 3.8) is 0 Å². The van der Waals surface area contributed by atoms with Gasteiger partial charge in [-0.1, -0.05) is 5.21 Å². The van der Waals surface area contributed by atoms with Gasteiger partial charge >= 0.3 is 6.18 Å². The van der Waals surface area contributed by atoms with Gasteiger partial charge in [0, 0.05) is 25.5 Å². The molecule has 1 aliphatic heterocycles. The number of nitrogens with zero attached hydrogens (tertiary/aromatic N) is 5. The average molecular weight is 327 g/mol. The molecule has 0 aliphatic carbocycles. The third-order valence-corrected chi connectivity index (χ3v) is 3.88. The van der Waals surface area contributed by atoms with E-state index < -0.39 is 17.3 Å². The van der Waals surface area contributed by atoms with Crippen LogP contribution in [0.5, 0.6) is 0 Å². The van der Waals surface area contributed by atoms with Crippen LogP contribution in [0.1, 0.15) is 18.4 Å². The van der Waals surface area contributed by atoms with Crippen molar-refractivity contribution in [3.05, 3.63) is 36.3 Å². The lowest BCUT2D eigenvalue weighted by molar-refractivity contribution is -0.137. The number of hydrogen-bond acceptors (Lipinski definition) is 5. The van der Waals surface area contributed by atoms with Crippen LogP contribution in [0, 0.1) is 0 Å². The Morgan fingerprint density at radius 3 is 2.83 bits per heavy atom. The van der Waals surface area contributed by atoms with Crippen molar-refractivity contribution in [3.8, 4) is 0 Å². The van der Waals surface area contributed by atoms with E-state index in [0.29, 0.717) is 19.4 Å². The van der Waals surface area contributed by atoms with Crippen LogP contribution in [-0.4, -0.2) is 43.8 Å². The Hall–Kier alpha value is -2.16. The highest BCUT2D eigenvalue weighted by Crippen LogP contribution is 2.32. The fourth-order valence-corrected chi connectivity index (χ4v) is 2.82. The van der Waals surface area contributed by atoms with Crippen LogP contribution in [0.25, 0.3) is 0 Å². The quantitative estimate of drug-likeness (QED) is 0.930. The summed E-state index contributed by atoms with van der Waals surface area (Å²) < 4.78 is 40.0. The lowest BCUT2D eigenvalue weighted by Gasteiger charge is -2.39. The van der Waals surface area contributed by atoms with Crippen molar-refractivity contribution in [2.75, 3.05) is 18.0 Å². The number of aromatic nitrogens is 4. The van der Waals surface area contributed by atoms with Crippen LogP contribution < -0.4 is 4.90 Å². The summed E-state index contributed by atoms with van der Waals surface area (Å²) in [5.74, 6) is 0.219. The van der Waals surface area contributed by atoms with E-state index in [1.54, 1.807) is 11.1 Å². The highest BCUT2D eigenvalue weighted by molar-refractivity contribution is 5.43. The van der Waals surface area contributed by atoms with Crippen molar-refractivity contribution in [2.24, 2.45) is 0 Å². The summed E-state index contributed by atoms with van der Waals surface area (Å²) in [7, 11) is 0. The van der Waals surface area contributed by atoms with E-state index in [2.05, 4.69) is 15.3 Å². The van der Waals surface area contributed by atoms with Crippen LogP contribution in [-0.2, 0) is 12.7 Å². The third kappa shape index (κ3) is 3.61. The highest BCUT2D eigenvalue weighted by atomic mass is 19.4. The highest BCUT2D eigenvalue weighted by Gasteiger charge is 2.36. The first-order chi connectivity index (χ1) is 10.9. The van der Waals surface area contributed by atoms with Gasteiger partial charge < -0.3 is 10.0 Å². The fourth-order valence-electron chi connectivity index (χ4n) is 2.82. The Kier molecular flexibility index (Phi) is 3.97. The first kappa shape index (κ1) is 15.7. The van der Waals surface area contributed by atoms with Gasteiger partial charge in [0.1, 0.15) is 11.4 Å². The predicted octanol–water partition coefficient (Wildman–Crippen LogP) is 1.72. The van der Waals surface area contributed by atoms with Crippen molar-refractivity contribution < 1.29 is 18.3 Å². The number of aliphatic hydroxyl groups is 1. The van der Waals surface area contributed by atoms with Gasteiger partial charge in [-0.05, 0) is 25.0 Å². The van der Waals surface area contributed by atoms with Crippen molar-refractivity contribution in [1.82, 2.24) is 20.0 Å². The topological polar surface area (TPSA) is 67.1 Å². The molecule has 1 saturated heterocycles. The maximum Gasteiger partial charge on any atom is 0.416 e. The summed E-state index contributed by atoms with van der Waals surface area (Å²) in [6, 6.07) is 1.95. The van der Waals surface area contributed by atoms with Crippen molar-refractivity contribution in [1.29, 1.82) is 0 Å². The molecule has 1 aliphatic rings. The van der Waals surface area contributed by atoms with Crippen molar-refractivity contribution in [2.45, 2.75) is 31.2 Å². The standard InChI is InChI=1S/C14H16F3N5O/c15-14(16,17)11-2-4-18-12(8-11)21-6-1-3-13(23,9-21)10-22-7-5-19-20-22/h2,4-5,7-8,23H,1,3,6,9-10H2. The molecule has 0 radical (unpaired) electrons.